The maximum absolute atomic E-state index is 12.1. The lowest BCUT2D eigenvalue weighted by atomic mass is 9.92. The Morgan fingerprint density at radius 3 is 2.46 bits per heavy atom. The lowest BCUT2D eigenvalue weighted by Crippen LogP contribution is -2.47. The molecule has 0 fully saturated rings. The van der Waals surface area contributed by atoms with Crippen LogP contribution in [0.2, 0.25) is 5.02 Å². The Bertz CT molecular complexity index is 776. The van der Waals surface area contributed by atoms with Crippen LogP contribution in [0.3, 0.4) is 0 Å². The van der Waals surface area contributed by atoms with Crippen LogP contribution in [0.4, 0.5) is 0 Å². The molecule has 0 radical (unpaired) electrons. The molecule has 3 N–H and O–H groups in total. The maximum Gasteiger partial charge on any atom is 0.343 e. The van der Waals surface area contributed by atoms with Crippen molar-refractivity contribution < 1.29 is 19.4 Å². The molecular weight excluding hydrogens is 330 g/mol. The van der Waals surface area contributed by atoms with Gasteiger partial charge in [0.1, 0.15) is 11.3 Å². The summed E-state index contributed by atoms with van der Waals surface area (Å²) in [6.07, 6.45) is 1.07. The highest BCUT2D eigenvalue weighted by Crippen LogP contribution is 2.31. The van der Waals surface area contributed by atoms with Crippen LogP contribution in [0.15, 0.2) is 61.2 Å². The number of rotatable bonds is 6. The summed E-state index contributed by atoms with van der Waals surface area (Å²) in [5.41, 5.74) is 4.96. The molecule has 124 valence electrons. The van der Waals surface area contributed by atoms with Gasteiger partial charge in [-0.05, 0) is 23.8 Å². The van der Waals surface area contributed by atoms with E-state index in [-0.39, 0.29) is 17.2 Å². The molecule has 6 heteroatoms. The highest BCUT2D eigenvalue weighted by atomic mass is 35.5. The third kappa shape index (κ3) is 3.82. The van der Waals surface area contributed by atoms with Crippen molar-refractivity contribution >= 4 is 23.5 Å². The van der Waals surface area contributed by atoms with E-state index in [1.165, 1.54) is 6.07 Å². The molecule has 2 aromatic carbocycles. The fourth-order valence-electron chi connectivity index (χ4n) is 2.05. The molecular formula is C18H16ClNO4. The second-order valence-corrected chi connectivity index (χ2v) is 5.59. The number of carbonyl (C=O) groups excluding carboxylic acids is 1. The van der Waals surface area contributed by atoms with Crippen molar-refractivity contribution in [1.82, 2.24) is 0 Å². The minimum Gasteiger partial charge on any atom is -0.480 e. The van der Waals surface area contributed by atoms with Gasteiger partial charge in [-0.25, -0.2) is 9.59 Å². The highest BCUT2D eigenvalue weighted by Gasteiger charge is 2.31. The van der Waals surface area contributed by atoms with Gasteiger partial charge in [0.05, 0.1) is 10.6 Å². The Balaban J connectivity index is 2.27. The zero-order valence-corrected chi connectivity index (χ0v) is 13.5. The highest BCUT2D eigenvalue weighted by molar-refractivity contribution is 6.33. The molecule has 0 amide bonds. The second kappa shape index (κ2) is 7.29. The fourth-order valence-corrected chi connectivity index (χ4v) is 2.29. The Labute approximate surface area is 144 Å². The molecule has 1 atom stereocenters. The lowest BCUT2D eigenvalue weighted by Gasteiger charge is -2.21. The summed E-state index contributed by atoms with van der Waals surface area (Å²) in [6, 6.07) is 13.2. The average molecular weight is 346 g/mol. The van der Waals surface area contributed by atoms with Gasteiger partial charge in [0.25, 0.3) is 0 Å². The van der Waals surface area contributed by atoms with Gasteiger partial charge in [0.2, 0.25) is 0 Å². The standard InChI is InChI=1S/C18H16ClNO4/c1-2-18(20,17(22)23)11-13-9-6-10-14(15(13)19)24-16(21)12-7-4-3-5-8-12/h2-10H,1,11,20H2,(H,22,23). The van der Waals surface area contributed by atoms with Crippen LogP contribution in [0, 0.1) is 0 Å². The molecule has 0 aliphatic carbocycles. The fraction of sp³-hybridized carbons (Fsp3) is 0.111. The van der Waals surface area contributed by atoms with Crippen molar-refractivity contribution in [3.63, 3.8) is 0 Å². The summed E-state index contributed by atoms with van der Waals surface area (Å²) in [6.45, 7) is 3.46. The molecule has 0 saturated carbocycles. The minimum absolute atomic E-state index is 0.0820. The Morgan fingerprint density at radius 1 is 1.21 bits per heavy atom. The van der Waals surface area contributed by atoms with E-state index in [4.69, 9.17) is 22.1 Å². The van der Waals surface area contributed by atoms with Gasteiger partial charge in [-0.3, -0.25) is 0 Å². The summed E-state index contributed by atoms with van der Waals surface area (Å²) >= 11 is 6.25. The summed E-state index contributed by atoms with van der Waals surface area (Å²) in [4.78, 5) is 23.4. The first-order valence-corrected chi connectivity index (χ1v) is 7.45. The third-order valence-corrected chi connectivity index (χ3v) is 3.93. The van der Waals surface area contributed by atoms with Crippen molar-refractivity contribution in [2.24, 2.45) is 5.73 Å². The van der Waals surface area contributed by atoms with Crippen LogP contribution in [-0.4, -0.2) is 22.6 Å². The van der Waals surface area contributed by atoms with Gasteiger partial charge >= 0.3 is 11.9 Å². The monoisotopic (exact) mass is 345 g/mol. The number of halogens is 1. The number of aliphatic carboxylic acids is 1. The van der Waals surface area contributed by atoms with E-state index in [2.05, 4.69) is 6.58 Å². The number of hydrogen-bond acceptors (Lipinski definition) is 4. The van der Waals surface area contributed by atoms with E-state index in [1.54, 1.807) is 42.5 Å². The number of carboxylic acids is 1. The van der Waals surface area contributed by atoms with Crippen molar-refractivity contribution in [1.29, 1.82) is 0 Å². The number of esters is 1. The number of carboxylic acid groups (broad SMARTS) is 1. The van der Waals surface area contributed by atoms with Crippen LogP contribution < -0.4 is 10.5 Å². The first-order chi connectivity index (χ1) is 11.4. The predicted octanol–water partition coefficient (Wildman–Crippen LogP) is 3.07. The summed E-state index contributed by atoms with van der Waals surface area (Å²) in [5.74, 6) is -1.64. The molecule has 0 aliphatic rings. The van der Waals surface area contributed by atoms with Crippen LogP contribution in [0.1, 0.15) is 15.9 Å². The Kier molecular flexibility index (Phi) is 5.39. The normalized spacial score (nSPS) is 12.9. The quantitative estimate of drug-likeness (QED) is 0.477. The molecule has 24 heavy (non-hydrogen) atoms. The topological polar surface area (TPSA) is 89.6 Å². The first kappa shape index (κ1) is 17.7. The molecule has 0 heterocycles. The number of carbonyl (C=O) groups is 2. The number of ether oxygens (including phenoxy) is 1. The first-order valence-electron chi connectivity index (χ1n) is 7.08. The van der Waals surface area contributed by atoms with E-state index >= 15 is 0 Å². The molecule has 0 saturated heterocycles. The van der Waals surface area contributed by atoms with Crippen LogP contribution in [0.25, 0.3) is 0 Å². The van der Waals surface area contributed by atoms with Crippen molar-refractivity contribution in [2.75, 3.05) is 0 Å². The molecule has 0 spiro atoms. The number of hydrogen-bond donors (Lipinski definition) is 2. The van der Waals surface area contributed by atoms with Gasteiger partial charge < -0.3 is 15.6 Å². The van der Waals surface area contributed by atoms with Crippen molar-refractivity contribution in [2.45, 2.75) is 12.0 Å². The Morgan fingerprint density at radius 2 is 1.88 bits per heavy atom. The van der Waals surface area contributed by atoms with Crippen LogP contribution in [-0.2, 0) is 11.2 Å². The van der Waals surface area contributed by atoms with Gasteiger partial charge in [-0.15, -0.1) is 6.58 Å². The molecule has 1 unspecified atom stereocenters. The van der Waals surface area contributed by atoms with Crippen LogP contribution in [0.5, 0.6) is 5.75 Å². The van der Waals surface area contributed by atoms with E-state index in [1.807, 2.05) is 0 Å². The Hall–Kier alpha value is -2.63. The zero-order valence-electron chi connectivity index (χ0n) is 12.7. The molecule has 0 aromatic heterocycles. The number of nitrogens with two attached hydrogens (primary N) is 1. The van der Waals surface area contributed by atoms with Crippen molar-refractivity contribution in [3.8, 4) is 5.75 Å². The van der Waals surface area contributed by atoms with E-state index in [0.29, 0.717) is 11.1 Å². The van der Waals surface area contributed by atoms with Gasteiger partial charge in [0, 0.05) is 6.42 Å². The van der Waals surface area contributed by atoms with E-state index in [0.717, 1.165) is 6.08 Å². The smallest absolute Gasteiger partial charge is 0.343 e. The predicted molar refractivity (Wildman–Crippen MR) is 91.3 cm³/mol. The van der Waals surface area contributed by atoms with Gasteiger partial charge in [0.15, 0.2) is 0 Å². The summed E-state index contributed by atoms with van der Waals surface area (Å²) in [5, 5.41) is 9.36. The maximum atomic E-state index is 12.1. The molecule has 0 bridgehead atoms. The van der Waals surface area contributed by atoms with E-state index < -0.39 is 17.5 Å². The molecule has 5 nitrogen and oxygen atoms in total. The summed E-state index contributed by atoms with van der Waals surface area (Å²) < 4.78 is 5.30. The lowest BCUT2D eigenvalue weighted by molar-refractivity contribution is -0.141. The second-order valence-electron chi connectivity index (χ2n) is 5.21. The molecule has 2 rings (SSSR count). The molecule has 2 aromatic rings. The largest absolute Gasteiger partial charge is 0.480 e. The van der Waals surface area contributed by atoms with E-state index in [9.17, 15) is 14.7 Å². The van der Waals surface area contributed by atoms with Crippen molar-refractivity contribution in [3.05, 3.63) is 77.3 Å². The zero-order chi connectivity index (χ0) is 17.7. The average Bonchev–Trinajstić information content (AvgIpc) is 2.58. The summed E-state index contributed by atoms with van der Waals surface area (Å²) in [7, 11) is 0. The SMILES string of the molecule is C=CC(N)(Cc1cccc(OC(=O)c2ccccc2)c1Cl)C(=O)O. The third-order valence-electron chi connectivity index (χ3n) is 3.50. The molecule has 0 aliphatic heterocycles. The van der Waals surface area contributed by atoms with Gasteiger partial charge in [-0.1, -0.05) is 48.0 Å². The number of benzene rings is 2. The van der Waals surface area contributed by atoms with Crippen LogP contribution >= 0.6 is 11.6 Å². The minimum atomic E-state index is -1.66. The van der Waals surface area contributed by atoms with Gasteiger partial charge in [-0.2, -0.15) is 0 Å².